The van der Waals surface area contributed by atoms with Crippen LogP contribution in [0, 0.1) is 13.8 Å². The number of hydrogen-bond donors (Lipinski definition) is 4. The standard InChI is InChI=1S/C14H17N3O3/c1-8-9(2)16-7-17-14(8)15-6-13(20)10-3-4-11(18)12(19)5-10/h3-5,7,13,18-20H,6H2,1-2H3,(H,15,16,17)/t13-/m0/s1. The van der Waals surface area contributed by atoms with Crippen molar-refractivity contribution in [1.29, 1.82) is 0 Å². The van der Waals surface area contributed by atoms with Gasteiger partial charge in [0.15, 0.2) is 11.5 Å². The molecule has 0 spiro atoms. The van der Waals surface area contributed by atoms with Crippen molar-refractivity contribution in [3.8, 4) is 11.5 Å². The molecule has 0 fully saturated rings. The van der Waals surface area contributed by atoms with Gasteiger partial charge in [0.25, 0.3) is 0 Å². The second kappa shape index (κ2) is 5.75. The smallest absolute Gasteiger partial charge is 0.157 e. The topological polar surface area (TPSA) is 98.5 Å². The Kier molecular flexibility index (Phi) is 4.05. The molecule has 2 rings (SSSR count). The number of rotatable bonds is 4. The van der Waals surface area contributed by atoms with E-state index in [1.165, 1.54) is 18.5 Å². The lowest BCUT2D eigenvalue weighted by atomic mass is 10.1. The number of benzene rings is 1. The van der Waals surface area contributed by atoms with Gasteiger partial charge in [0.1, 0.15) is 12.1 Å². The predicted molar refractivity (Wildman–Crippen MR) is 74.7 cm³/mol. The van der Waals surface area contributed by atoms with Crippen molar-refractivity contribution in [2.45, 2.75) is 20.0 Å². The number of aromatic hydroxyl groups is 2. The number of aryl methyl sites for hydroxylation is 1. The molecule has 0 aliphatic carbocycles. The van der Waals surface area contributed by atoms with E-state index in [1.54, 1.807) is 6.07 Å². The third-order valence-corrected chi connectivity index (χ3v) is 3.18. The molecule has 0 saturated heterocycles. The van der Waals surface area contributed by atoms with Gasteiger partial charge in [-0.05, 0) is 31.5 Å². The Morgan fingerprint density at radius 3 is 2.60 bits per heavy atom. The molecule has 6 nitrogen and oxygen atoms in total. The maximum absolute atomic E-state index is 10.1. The molecule has 0 unspecified atom stereocenters. The van der Waals surface area contributed by atoms with Gasteiger partial charge < -0.3 is 20.6 Å². The first-order valence-corrected chi connectivity index (χ1v) is 6.21. The fourth-order valence-corrected chi connectivity index (χ4v) is 1.78. The van der Waals surface area contributed by atoms with Crippen LogP contribution in [0.25, 0.3) is 0 Å². The highest BCUT2D eigenvalue weighted by Gasteiger charge is 2.11. The number of phenolic OH excluding ortho intramolecular Hbond substituents is 2. The molecule has 0 saturated carbocycles. The summed E-state index contributed by atoms with van der Waals surface area (Å²) in [6.45, 7) is 4.02. The van der Waals surface area contributed by atoms with Gasteiger partial charge in [-0.3, -0.25) is 0 Å². The van der Waals surface area contributed by atoms with E-state index in [-0.39, 0.29) is 18.0 Å². The molecule has 1 atom stereocenters. The Labute approximate surface area is 116 Å². The highest BCUT2D eigenvalue weighted by atomic mass is 16.3. The first-order chi connectivity index (χ1) is 9.49. The molecule has 0 bridgehead atoms. The summed E-state index contributed by atoms with van der Waals surface area (Å²) < 4.78 is 0. The summed E-state index contributed by atoms with van der Waals surface area (Å²) in [5, 5.41) is 31.7. The van der Waals surface area contributed by atoms with Gasteiger partial charge in [0.2, 0.25) is 0 Å². The lowest BCUT2D eigenvalue weighted by Gasteiger charge is -2.15. The van der Waals surface area contributed by atoms with Crippen LogP contribution in [0.3, 0.4) is 0 Å². The molecule has 1 aromatic carbocycles. The molecule has 1 aromatic heterocycles. The minimum Gasteiger partial charge on any atom is -0.504 e. The number of aliphatic hydroxyl groups excluding tert-OH is 1. The summed E-state index contributed by atoms with van der Waals surface area (Å²) in [5.74, 6) is 0.200. The Balaban J connectivity index is 2.06. The van der Waals surface area contributed by atoms with Gasteiger partial charge in [-0.15, -0.1) is 0 Å². The molecule has 106 valence electrons. The molecule has 6 heteroatoms. The number of nitrogens with one attached hydrogen (secondary N) is 1. The van der Waals surface area contributed by atoms with E-state index in [0.717, 1.165) is 11.3 Å². The van der Waals surface area contributed by atoms with Crippen molar-refractivity contribution < 1.29 is 15.3 Å². The van der Waals surface area contributed by atoms with Crippen molar-refractivity contribution in [1.82, 2.24) is 9.97 Å². The molecule has 0 aliphatic rings. The number of hydrogen-bond acceptors (Lipinski definition) is 6. The normalized spacial score (nSPS) is 12.2. The number of aromatic nitrogens is 2. The minimum absolute atomic E-state index is 0.212. The zero-order valence-corrected chi connectivity index (χ0v) is 11.3. The van der Waals surface area contributed by atoms with Crippen LogP contribution >= 0.6 is 0 Å². The zero-order valence-electron chi connectivity index (χ0n) is 11.3. The fourth-order valence-electron chi connectivity index (χ4n) is 1.78. The van der Waals surface area contributed by atoms with Gasteiger partial charge in [-0.1, -0.05) is 6.07 Å². The van der Waals surface area contributed by atoms with Crippen LogP contribution < -0.4 is 5.32 Å². The van der Waals surface area contributed by atoms with E-state index >= 15 is 0 Å². The Morgan fingerprint density at radius 2 is 1.90 bits per heavy atom. The van der Waals surface area contributed by atoms with Crippen LogP contribution in [0.2, 0.25) is 0 Å². The number of anilines is 1. The van der Waals surface area contributed by atoms with E-state index in [0.29, 0.717) is 11.4 Å². The highest BCUT2D eigenvalue weighted by Crippen LogP contribution is 2.28. The second-order valence-corrected chi connectivity index (χ2v) is 4.58. The molecule has 20 heavy (non-hydrogen) atoms. The third-order valence-electron chi connectivity index (χ3n) is 3.18. The van der Waals surface area contributed by atoms with Crippen molar-refractivity contribution >= 4 is 5.82 Å². The SMILES string of the molecule is Cc1ncnc(NC[C@H](O)c2ccc(O)c(O)c2)c1C. The molecule has 4 N–H and O–H groups in total. The van der Waals surface area contributed by atoms with Crippen LogP contribution in [0.4, 0.5) is 5.82 Å². The van der Waals surface area contributed by atoms with E-state index in [1.807, 2.05) is 13.8 Å². The van der Waals surface area contributed by atoms with Crippen LogP contribution in [0.1, 0.15) is 22.9 Å². The van der Waals surface area contributed by atoms with Gasteiger partial charge in [-0.25, -0.2) is 9.97 Å². The summed E-state index contributed by atoms with van der Waals surface area (Å²) in [7, 11) is 0. The lowest BCUT2D eigenvalue weighted by molar-refractivity contribution is 0.191. The Bertz CT molecular complexity index is 617. The van der Waals surface area contributed by atoms with Crippen LogP contribution in [-0.2, 0) is 0 Å². The van der Waals surface area contributed by atoms with Crippen molar-refractivity contribution in [2.75, 3.05) is 11.9 Å². The Morgan fingerprint density at radius 1 is 1.15 bits per heavy atom. The van der Waals surface area contributed by atoms with Gasteiger partial charge in [-0.2, -0.15) is 0 Å². The maximum Gasteiger partial charge on any atom is 0.157 e. The van der Waals surface area contributed by atoms with Crippen molar-refractivity contribution in [3.05, 3.63) is 41.3 Å². The predicted octanol–water partition coefficient (Wildman–Crippen LogP) is 1.65. The summed E-state index contributed by atoms with van der Waals surface area (Å²) >= 11 is 0. The van der Waals surface area contributed by atoms with Gasteiger partial charge in [0.05, 0.1) is 6.10 Å². The lowest BCUT2D eigenvalue weighted by Crippen LogP contribution is -2.14. The molecular weight excluding hydrogens is 258 g/mol. The summed E-state index contributed by atoms with van der Waals surface area (Å²) in [5.41, 5.74) is 2.31. The average Bonchev–Trinajstić information content (AvgIpc) is 2.43. The minimum atomic E-state index is -0.823. The first-order valence-electron chi connectivity index (χ1n) is 6.21. The van der Waals surface area contributed by atoms with Crippen molar-refractivity contribution in [3.63, 3.8) is 0 Å². The molecule has 1 heterocycles. The summed E-state index contributed by atoms with van der Waals surface area (Å²) in [6.07, 6.45) is 0.639. The highest BCUT2D eigenvalue weighted by molar-refractivity contribution is 5.45. The number of phenols is 2. The number of aliphatic hydroxyl groups is 1. The fraction of sp³-hybridized carbons (Fsp3) is 0.286. The Hall–Kier alpha value is -2.34. The molecule has 0 radical (unpaired) electrons. The monoisotopic (exact) mass is 275 g/mol. The molecule has 0 aliphatic heterocycles. The quantitative estimate of drug-likeness (QED) is 0.633. The van der Waals surface area contributed by atoms with E-state index < -0.39 is 6.10 Å². The van der Waals surface area contributed by atoms with E-state index in [2.05, 4.69) is 15.3 Å². The van der Waals surface area contributed by atoms with Gasteiger partial charge in [0, 0.05) is 17.8 Å². The largest absolute Gasteiger partial charge is 0.504 e. The van der Waals surface area contributed by atoms with Crippen LogP contribution in [-0.4, -0.2) is 31.8 Å². The maximum atomic E-state index is 10.1. The van der Waals surface area contributed by atoms with E-state index in [9.17, 15) is 15.3 Å². The van der Waals surface area contributed by atoms with Crippen LogP contribution in [0.5, 0.6) is 11.5 Å². The van der Waals surface area contributed by atoms with E-state index in [4.69, 9.17) is 0 Å². The molecular formula is C14H17N3O3. The summed E-state index contributed by atoms with van der Waals surface area (Å²) in [4.78, 5) is 8.19. The molecule has 0 amide bonds. The van der Waals surface area contributed by atoms with Crippen LogP contribution in [0.15, 0.2) is 24.5 Å². The first kappa shape index (κ1) is 14.1. The average molecular weight is 275 g/mol. The summed E-state index contributed by atoms with van der Waals surface area (Å²) in [6, 6.07) is 4.23. The van der Waals surface area contributed by atoms with Gasteiger partial charge >= 0.3 is 0 Å². The zero-order chi connectivity index (χ0) is 14.7. The third kappa shape index (κ3) is 2.97. The van der Waals surface area contributed by atoms with Crippen molar-refractivity contribution in [2.24, 2.45) is 0 Å². The second-order valence-electron chi connectivity index (χ2n) is 4.58. The molecule has 2 aromatic rings. The number of nitrogens with zero attached hydrogens (tertiary/aromatic N) is 2.